The number of ether oxygens (including phenoxy) is 3. The first-order valence-electron chi connectivity index (χ1n) is 27.8. The molecule has 0 rings (SSSR count). The number of esters is 3. The zero-order valence-corrected chi connectivity index (χ0v) is 42.5. The van der Waals surface area contributed by atoms with Crippen molar-refractivity contribution in [3.63, 3.8) is 0 Å². The predicted molar refractivity (Wildman–Crippen MR) is 266 cm³/mol. The van der Waals surface area contributed by atoms with Crippen molar-refractivity contribution in [2.75, 3.05) is 13.2 Å². The van der Waals surface area contributed by atoms with Crippen molar-refractivity contribution in [2.45, 2.75) is 317 Å². The number of carbonyl (C=O) groups excluding carboxylic acids is 3. The van der Waals surface area contributed by atoms with Gasteiger partial charge in [0, 0.05) is 19.3 Å². The van der Waals surface area contributed by atoms with Crippen LogP contribution < -0.4 is 0 Å². The molecular formula is C56H108O6. The van der Waals surface area contributed by atoms with E-state index in [1.165, 1.54) is 199 Å². The zero-order chi connectivity index (χ0) is 45.4. The van der Waals surface area contributed by atoms with Gasteiger partial charge in [-0.25, -0.2) is 0 Å². The van der Waals surface area contributed by atoms with E-state index < -0.39 is 6.10 Å². The molecule has 6 nitrogen and oxygen atoms in total. The minimum absolute atomic E-state index is 0.0630. The Bertz CT molecular complexity index is 949. The second-order valence-corrected chi connectivity index (χ2v) is 19.9. The maximum atomic E-state index is 12.8. The maximum absolute atomic E-state index is 12.8. The molecule has 368 valence electrons. The fraction of sp³-hybridized carbons (Fsp3) is 0.946. The van der Waals surface area contributed by atoms with E-state index in [1.54, 1.807) is 0 Å². The molecule has 0 aliphatic rings. The van der Waals surface area contributed by atoms with Crippen LogP contribution in [0.3, 0.4) is 0 Å². The largest absolute Gasteiger partial charge is 0.462 e. The second kappa shape index (κ2) is 48.9. The molecule has 0 radical (unpaired) electrons. The summed E-state index contributed by atoms with van der Waals surface area (Å²) in [5.41, 5.74) is 0. The van der Waals surface area contributed by atoms with Gasteiger partial charge < -0.3 is 14.2 Å². The van der Waals surface area contributed by atoms with Gasteiger partial charge in [0.15, 0.2) is 6.10 Å². The molecule has 0 aliphatic heterocycles. The summed E-state index contributed by atoms with van der Waals surface area (Å²) in [7, 11) is 0. The Hall–Kier alpha value is -1.59. The maximum Gasteiger partial charge on any atom is 0.306 e. The molecule has 0 aromatic rings. The van der Waals surface area contributed by atoms with Crippen molar-refractivity contribution in [3.05, 3.63) is 0 Å². The van der Waals surface area contributed by atoms with Crippen molar-refractivity contribution in [1.82, 2.24) is 0 Å². The Labute approximate surface area is 387 Å². The van der Waals surface area contributed by atoms with E-state index in [0.29, 0.717) is 19.3 Å². The highest BCUT2D eigenvalue weighted by molar-refractivity contribution is 5.71. The molecule has 6 heteroatoms. The number of hydrogen-bond donors (Lipinski definition) is 0. The molecule has 0 saturated heterocycles. The molecular weight excluding hydrogens is 769 g/mol. The average Bonchev–Trinajstić information content (AvgIpc) is 3.26. The minimum atomic E-state index is -0.762. The molecule has 62 heavy (non-hydrogen) atoms. The van der Waals surface area contributed by atoms with Crippen molar-refractivity contribution >= 4 is 17.9 Å². The van der Waals surface area contributed by atoms with Crippen LogP contribution in [0.4, 0.5) is 0 Å². The van der Waals surface area contributed by atoms with Crippen LogP contribution >= 0.6 is 0 Å². The van der Waals surface area contributed by atoms with Crippen LogP contribution in [0, 0.1) is 11.8 Å². The lowest BCUT2D eigenvalue weighted by Crippen LogP contribution is -2.30. The normalized spacial score (nSPS) is 12.5. The summed E-state index contributed by atoms with van der Waals surface area (Å²) in [6.45, 7) is 11.4. The van der Waals surface area contributed by atoms with Crippen LogP contribution in [0.25, 0.3) is 0 Å². The monoisotopic (exact) mass is 877 g/mol. The summed E-state index contributed by atoms with van der Waals surface area (Å²) in [6.07, 6.45) is 50.8. The van der Waals surface area contributed by atoms with Crippen LogP contribution in [0.5, 0.6) is 0 Å². The molecule has 0 spiro atoms. The lowest BCUT2D eigenvalue weighted by Gasteiger charge is -2.18. The first-order chi connectivity index (χ1) is 30.3. The third kappa shape index (κ3) is 47.9. The average molecular weight is 877 g/mol. The molecule has 0 saturated carbocycles. The Morgan fingerprint density at radius 1 is 0.339 bits per heavy atom. The van der Waals surface area contributed by atoms with E-state index >= 15 is 0 Å². The SMILES string of the molecule is CCCCCCCCCCCCCCCC(=O)O[C@@H](COC(=O)CCCCCCCCCCCCCCCCC(C)C)COC(=O)CCCCCCCCCCCCC(C)CC. The van der Waals surface area contributed by atoms with Crippen LogP contribution in [-0.2, 0) is 28.6 Å². The van der Waals surface area contributed by atoms with Gasteiger partial charge in [0.1, 0.15) is 13.2 Å². The molecule has 0 N–H and O–H groups in total. The van der Waals surface area contributed by atoms with Gasteiger partial charge in [0.2, 0.25) is 0 Å². The lowest BCUT2D eigenvalue weighted by molar-refractivity contribution is -0.167. The first kappa shape index (κ1) is 60.4. The molecule has 0 bridgehead atoms. The summed E-state index contributed by atoms with van der Waals surface area (Å²) in [4.78, 5) is 38.1. The molecule has 0 amide bonds. The van der Waals surface area contributed by atoms with Gasteiger partial charge >= 0.3 is 17.9 Å². The van der Waals surface area contributed by atoms with E-state index in [1.807, 2.05) is 0 Å². The highest BCUT2D eigenvalue weighted by Gasteiger charge is 2.19. The van der Waals surface area contributed by atoms with Gasteiger partial charge in [0.25, 0.3) is 0 Å². The van der Waals surface area contributed by atoms with Gasteiger partial charge in [-0.1, -0.05) is 272 Å². The second-order valence-electron chi connectivity index (χ2n) is 19.9. The zero-order valence-electron chi connectivity index (χ0n) is 42.5. The topological polar surface area (TPSA) is 78.9 Å². The molecule has 0 fully saturated rings. The fourth-order valence-corrected chi connectivity index (χ4v) is 8.49. The number of hydrogen-bond acceptors (Lipinski definition) is 6. The van der Waals surface area contributed by atoms with Gasteiger partial charge in [-0.3, -0.25) is 14.4 Å². The minimum Gasteiger partial charge on any atom is -0.462 e. The number of rotatable bonds is 50. The Kier molecular flexibility index (Phi) is 47.6. The summed E-state index contributed by atoms with van der Waals surface area (Å²) in [5, 5.41) is 0. The first-order valence-corrected chi connectivity index (χ1v) is 27.8. The molecule has 2 atom stereocenters. The standard InChI is InChI=1S/C56H108O6/c1-6-8-9-10-11-12-13-16-21-28-33-38-43-48-56(59)62-53(50-61-55(58)47-42-37-32-27-23-22-25-30-35-40-45-52(5)7-2)49-60-54(57)46-41-36-31-26-20-18-15-14-17-19-24-29-34-39-44-51(3)4/h51-53H,6-50H2,1-5H3/t52?,53-/m0/s1. The summed E-state index contributed by atoms with van der Waals surface area (Å²) >= 11 is 0. The van der Waals surface area contributed by atoms with Crippen molar-refractivity contribution in [3.8, 4) is 0 Å². The third-order valence-electron chi connectivity index (χ3n) is 13.1. The number of carbonyl (C=O) groups is 3. The van der Waals surface area contributed by atoms with E-state index in [0.717, 1.165) is 69.6 Å². The third-order valence-corrected chi connectivity index (χ3v) is 13.1. The van der Waals surface area contributed by atoms with Crippen molar-refractivity contribution < 1.29 is 28.6 Å². The predicted octanol–water partition coefficient (Wildman–Crippen LogP) is 18.1. The van der Waals surface area contributed by atoms with E-state index in [9.17, 15) is 14.4 Å². The summed E-state index contributed by atoms with van der Waals surface area (Å²) in [6, 6.07) is 0. The molecule has 0 aliphatic carbocycles. The lowest BCUT2D eigenvalue weighted by atomic mass is 9.99. The van der Waals surface area contributed by atoms with Crippen LogP contribution in [0.2, 0.25) is 0 Å². The van der Waals surface area contributed by atoms with Crippen molar-refractivity contribution in [2.24, 2.45) is 11.8 Å². The molecule has 0 aromatic heterocycles. The Morgan fingerprint density at radius 3 is 0.919 bits per heavy atom. The van der Waals surface area contributed by atoms with Crippen LogP contribution in [-0.4, -0.2) is 37.2 Å². The summed E-state index contributed by atoms with van der Waals surface area (Å²) in [5.74, 6) is 0.872. The molecule has 1 unspecified atom stereocenters. The molecule has 0 aromatic carbocycles. The Balaban J connectivity index is 4.30. The van der Waals surface area contributed by atoms with Crippen molar-refractivity contribution in [1.29, 1.82) is 0 Å². The number of unbranched alkanes of at least 4 members (excludes halogenated alkanes) is 34. The van der Waals surface area contributed by atoms with Gasteiger partial charge in [-0.05, 0) is 31.1 Å². The van der Waals surface area contributed by atoms with Gasteiger partial charge in [-0.15, -0.1) is 0 Å². The highest BCUT2D eigenvalue weighted by Crippen LogP contribution is 2.18. The highest BCUT2D eigenvalue weighted by atomic mass is 16.6. The smallest absolute Gasteiger partial charge is 0.306 e. The fourth-order valence-electron chi connectivity index (χ4n) is 8.49. The van der Waals surface area contributed by atoms with E-state index in [4.69, 9.17) is 14.2 Å². The van der Waals surface area contributed by atoms with Crippen LogP contribution in [0.15, 0.2) is 0 Å². The van der Waals surface area contributed by atoms with Crippen LogP contribution in [0.1, 0.15) is 311 Å². The van der Waals surface area contributed by atoms with E-state index in [2.05, 4.69) is 34.6 Å². The van der Waals surface area contributed by atoms with E-state index in [-0.39, 0.29) is 31.1 Å². The molecule has 0 heterocycles. The summed E-state index contributed by atoms with van der Waals surface area (Å²) < 4.78 is 16.9. The van der Waals surface area contributed by atoms with Gasteiger partial charge in [-0.2, -0.15) is 0 Å². The van der Waals surface area contributed by atoms with Gasteiger partial charge in [0.05, 0.1) is 0 Å². The Morgan fingerprint density at radius 2 is 0.613 bits per heavy atom. The quantitative estimate of drug-likeness (QED) is 0.0344.